The lowest BCUT2D eigenvalue weighted by Gasteiger charge is -2.05. The lowest BCUT2D eigenvalue weighted by molar-refractivity contribution is -0.115. The van der Waals surface area contributed by atoms with Crippen LogP contribution in [0.25, 0.3) is 6.08 Å². The second-order valence-electron chi connectivity index (χ2n) is 4.79. The molecule has 1 amide bonds. The van der Waals surface area contributed by atoms with Gasteiger partial charge in [-0.15, -0.1) is 0 Å². The monoisotopic (exact) mass is 359 g/mol. The van der Waals surface area contributed by atoms with E-state index in [2.05, 4.69) is 5.32 Å². The molecule has 4 nitrogen and oxygen atoms in total. The molecule has 0 saturated carbocycles. The van der Waals surface area contributed by atoms with Crippen molar-refractivity contribution in [2.24, 2.45) is 0 Å². The van der Waals surface area contributed by atoms with E-state index in [-0.39, 0.29) is 17.2 Å². The standard InChI is InChI=1S/C17H10FNO3S2/c18-13-4-2-1-3-12(13)16(21)22-11-7-5-10(6-8-11)9-14-15(20)19-17(23)24-14/h1-9H,(H,19,20,23). The summed E-state index contributed by atoms with van der Waals surface area (Å²) >= 11 is 6.10. The van der Waals surface area contributed by atoms with Crippen molar-refractivity contribution >= 4 is 46.3 Å². The van der Waals surface area contributed by atoms with E-state index < -0.39 is 11.8 Å². The van der Waals surface area contributed by atoms with Crippen LogP contribution in [-0.2, 0) is 4.79 Å². The van der Waals surface area contributed by atoms with Gasteiger partial charge in [0.2, 0.25) is 0 Å². The number of thiocarbonyl (C=S) groups is 1. The van der Waals surface area contributed by atoms with E-state index in [1.807, 2.05) is 0 Å². The predicted molar refractivity (Wildman–Crippen MR) is 94.1 cm³/mol. The average Bonchev–Trinajstić information content (AvgIpc) is 2.87. The summed E-state index contributed by atoms with van der Waals surface area (Å²) < 4.78 is 19.1. The third kappa shape index (κ3) is 3.69. The van der Waals surface area contributed by atoms with E-state index in [1.54, 1.807) is 36.4 Å². The van der Waals surface area contributed by atoms with E-state index in [0.29, 0.717) is 9.23 Å². The number of ether oxygens (including phenoxy) is 1. The molecule has 0 spiro atoms. The van der Waals surface area contributed by atoms with Crippen molar-refractivity contribution in [1.29, 1.82) is 0 Å². The second kappa shape index (κ2) is 6.94. The summed E-state index contributed by atoms with van der Waals surface area (Å²) in [6.45, 7) is 0. The Hall–Kier alpha value is -2.51. The van der Waals surface area contributed by atoms with Crippen molar-refractivity contribution in [2.45, 2.75) is 0 Å². The number of nitrogens with one attached hydrogen (secondary N) is 1. The van der Waals surface area contributed by atoms with Crippen LogP contribution in [0.15, 0.2) is 53.4 Å². The third-order valence-corrected chi connectivity index (χ3v) is 4.29. The Kier molecular flexibility index (Phi) is 4.73. The number of halogens is 1. The number of benzene rings is 2. The molecule has 7 heteroatoms. The van der Waals surface area contributed by atoms with Crippen molar-refractivity contribution in [1.82, 2.24) is 5.32 Å². The highest BCUT2D eigenvalue weighted by molar-refractivity contribution is 8.26. The van der Waals surface area contributed by atoms with E-state index in [0.717, 1.165) is 5.56 Å². The van der Waals surface area contributed by atoms with Crippen molar-refractivity contribution in [3.05, 3.63) is 70.4 Å². The molecule has 0 bridgehead atoms. The molecule has 1 aliphatic heterocycles. The zero-order valence-corrected chi connectivity index (χ0v) is 13.7. The first kappa shape index (κ1) is 16.4. The molecule has 1 N–H and O–H groups in total. The molecule has 1 heterocycles. The molecule has 1 aliphatic rings. The van der Waals surface area contributed by atoms with Crippen molar-refractivity contribution < 1.29 is 18.7 Å². The van der Waals surface area contributed by atoms with Gasteiger partial charge in [-0.2, -0.15) is 0 Å². The molecule has 24 heavy (non-hydrogen) atoms. The fourth-order valence-electron chi connectivity index (χ4n) is 1.99. The van der Waals surface area contributed by atoms with Crippen LogP contribution in [0.2, 0.25) is 0 Å². The van der Waals surface area contributed by atoms with E-state index in [9.17, 15) is 14.0 Å². The molecule has 0 unspecified atom stereocenters. The van der Waals surface area contributed by atoms with Crippen LogP contribution in [0.3, 0.4) is 0 Å². The van der Waals surface area contributed by atoms with Gasteiger partial charge in [0, 0.05) is 0 Å². The van der Waals surface area contributed by atoms with Gasteiger partial charge in [0.1, 0.15) is 15.9 Å². The Morgan fingerprint density at radius 2 is 1.88 bits per heavy atom. The number of hydrogen-bond donors (Lipinski definition) is 1. The first-order valence-electron chi connectivity index (χ1n) is 6.84. The smallest absolute Gasteiger partial charge is 0.346 e. The van der Waals surface area contributed by atoms with Gasteiger partial charge in [0.25, 0.3) is 5.91 Å². The van der Waals surface area contributed by atoms with Crippen molar-refractivity contribution in [3.63, 3.8) is 0 Å². The molecule has 2 aromatic rings. The third-order valence-electron chi connectivity index (χ3n) is 3.12. The molecule has 3 rings (SSSR count). The first-order valence-corrected chi connectivity index (χ1v) is 8.07. The van der Waals surface area contributed by atoms with Crippen LogP contribution in [0, 0.1) is 5.82 Å². The van der Waals surface area contributed by atoms with Crippen molar-refractivity contribution in [3.8, 4) is 5.75 Å². The van der Waals surface area contributed by atoms with E-state index in [1.165, 1.54) is 30.0 Å². The predicted octanol–water partition coefficient (Wildman–Crippen LogP) is 3.53. The maximum Gasteiger partial charge on any atom is 0.346 e. The summed E-state index contributed by atoms with van der Waals surface area (Å²) in [5.41, 5.74) is 0.624. The summed E-state index contributed by atoms with van der Waals surface area (Å²) in [5.74, 6) is -1.36. The molecule has 1 saturated heterocycles. The normalized spacial score (nSPS) is 15.5. The van der Waals surface area contributed by atoms with Gasteiger partial charge in [0.05, 0.1) is 10.5 Å². The molecule has 0 aliphatic carbocycles. The number of esters is 1. The van der Waals surface area contributed by atoms with Crippen LogP contribution >= 0.6 is 24.0 Å². The van der Waals surface area contributed by atoms with E-state index >= 15 is 0 Å². The van der Waals surface area contributed by atoms with Gasteiger partial charge < -0.3 is 10.1 Å². The van der Waals surface area contributed by atoms with E-state index in [4.69, 9.17) is 17.0 Å². The first-order chi connectivity index (χ1) is 11.5. The molecule has 0 atom stereocenters. The summed E-state index contributed by atoms with van der Waals surface area (Å²) in [4.78, 5) is 24.0. The number of amides is 1. The number of carbonyl (C=O) groups is 2. The number of thioether (sulfide) groups is 1. The quantitative estimate of drug-likeness (QED) is 0.393. The zero-order valence-electron chi connectivity index (χ0n) is 12.1. The highest BCUT2D eigenvalue weighted by atomic mass is 32.2. The van der Waals surface area contributed by atoms with Crippen LogP contribution in [0.4, 0.5) is 4.39 Å². The fourth-order valence-corrected chi connectivity index (χ4v) is 3.04. The van der Waals surface area contributed by atoms with Crippen LogP contribution in [0.1, 0.15) is 15.9 Å². The lowest BCUT2D eigenvalue weighted by Crippen LogP contribution is -2.17. The van der Waals surface area contributed by atoms with Gasteiger partial charge in [-0.25, -0.2) is 9.18 Å². The Morgan fingerprint density at radius 1 is 1.17 bits per heavy atom. The van der Waals surface area contributed by atoms with Gasteiger partial charge in [-0.1, -0.05) is 48.2 Å². The van der Waals surface area contributed by atoms with Gasteiger partial charge in [-0.05, 0) is 35.9 Å². The van der Waals surface area contributed by atoms with Crippen LogP contribution < -0.4 is 10.1 Å². The molecule has 120 valence electrons. The largest absolute Gasteiger partial charge is 0.423 e. The Balaban J connectivity index is 1.72. The number of rotatable bonds is 3. The Labute approximate surface area is 146 Å². The van der Waals surface area contributed by atoms with Crippen LogP contribution in [0.5, 0.6) is 5.75 Å². The minimum atomic E-state index is -0.768. The average molecular weight is 359 g/mol. The SMILES string of the molecule is O=C1NC(=S)SC1=Cc1ccc(OC(=O)c2ccccc2F)cc1. The molecular weight excluding hydrogens is 349 g/mol. The highest BCUT2D eigenvalue weighted by Crippen LogP contribution is 2.26. The van der Waals surface area contributed by atoms with Gasteiger partial charge >= 0.3 is 5.97 Å². The number of hydrogen-bond acceptors (Lipinski definition) is 5. The molecule has 1 fully saturated rings. The molecule has 0 radical (unpaired) electrons. The Bertz CT molecular complexity index is 862. The minimum Gasteiger partial charge on any atom is -0.423 e. The maximum atomic E-state index is 13.5. The lowest BCUT2D eigenvalue weighted by atomic mass is 10.2. The fraction of sp³-hybridized carbons (Fsp3) is 0. The highest BCUT2D eigenvalue weighted by Gasteiger charge is 2.21. The molecule has 0 aromatic heterocycles. The van der Waals surface area contributed by atoms with Crippen LogP contribution in [-0.4, -0.2) is 16.2 Å². The van der Waals surface area contributed by atoms with Gasteiger partial charge in [-0.3, -0.25) is 4.79 Å². The van der Waals surface area contributed by atoms with Gasteiger partial charge in [0.15, 0.2) is 0 Å². The summed E-state index contributed by atoms with van der Waals surface area (Å²) in [5, 5.41) is 2.53. The molecular formula is C17H10FNO3S2. The zero-order chi connectivity index (χ0) is 17.1. The maximum absolute atomic E-state index is 13.5. The topological polar surface area (TPSA) is 55.4 Å². The number of carbonyl (C=O) groups excluding carboxylic acids is 2. The molecule has 2 aromatic carbocycles. The summed E-state index contributed by atoms with van der Waals surface area (Å²) in [7, 11) is 0. The Morgan fingerprint density at radius 3 is 2.50 bits per heavy atom. The van der Waals surface area contributed by atoms with Crippen molar-refractivity contribution in [2.75, 3.05) is 0 Å². The summed E-state index contributed by atoms with van der Waals surface area (Å²) in [6.07, 6.45) is 1.68. The summed E-state index contributed by atoms with van der Waals surface area (Å²) in [6, 6.07) is 12.1. The second-order valence-corrected chi connectivity index (χ2v) is 6.51. The minimum absolute atomic E-state index is 0.128.